The van der Waals surface area contributed by atoms with Gasteiger partial charge >= 0.3 is 6.03 Å². The van der Waals surface area contributed by atoms with Crippen LogP contribution < -0.4 is 16.4 Å². The summed E-state index contributed by atoms with van der Waals surface area (Å²) in [4.78, 5) is 26.4. The average Bonchev–Trinajstić information content (AvgIpc) is 2.37. The van der Waals surface area contributed by atoms with Gasteiger partial charge in [-0.15, -0.1) is 0 Å². The van der Waals surface area contributed by atoms with Crippen LogP contribution in [-0.2, 0) is 4.79 Å². The lowest BCUT2D eigenvalue weighted by Crippen LogP contribution is -2.46. The number of carbonyl (C=O) groups excluding carboxylic acids is 2. The summed E-state index contributed by atoms with van der Waals surface area (Å²) in [7, 11) is 3.35. The Morgan fingerprint density at radius 3 is 2.37 bits per heavy atom. The molecule has 0 saturated carbocycles. The van der Waals surface area contributed by atoms with Crippen LogP contribution in [0.3, 0.4) is 0 Å². The molecule has 0 radical (unpaired) electrons. The summed E-state index contributed by atoms with van der Waals surface area (Å²) in [6.07, 6.45) is 1.90. The van der Waals surface area contributed by atoms with Gasteiger partial charge < -0.3 is 21.3 Å². The minimum Gasteiger partial charge on any atom is -0.353 e. The zero-order valence-corrected chi connectivity index (χ0v) is 11.8. The highest BCUT2D eigenvalue weighted by Gasteiger charge is 2.17. The van der Waals surface area contributed by atoms with Crippen molar-refractivity contribution < 1.29 is 9.59 Å². The summed E-state index contributed by atoms with van der Waals surface area (Å²) in [6.45, 7) is 3.06. The van der Waals surface area contributed by atoms with Crippen LogP contribution in [0.15, 0.2) is 0 Å². The predicted octanol–water partition coefficient (Wildman–Crippen LogP) is -1.20. The number of urea groups is 1. The first-order valence-corrected chi connectivity index (χ1v) is 6.69. The molecule has 0 aliphatic carbocycles. The number of nitrogens with zero attached hydrogens (tertiary/aromatic N) is 2. The van der Waals surface area contributed by atoms with Gasteiger partial charge in [0, 0.05) is 46.3 Å². The quantitative estimate of drug-likeness (QED) is 0.548. The van der Waals surface area contributed by atoms with Gasteiger partial charge in [0.1, 0.15) is 0 Å². The summed E-state index contributed by atoms with van der Waals surface area (Å²) in [5.41, 5.74) is 5.81. The molecule has 3 amide bonds. The summed E-state index contributed by atoms with van der Waals surface area (Å²) in [6, 6.07) is 0.125. The third-order valence-corrected chi connectivity index (χ3v) is 3.13. The van der Waals surface area contributed by atoms with E-state index in [2.05, 4.69) is 15.5 Å². The lowest BCUT2D eigenvalue weighted by atomic mass is 10.1. The molecule has 7 heteroatoms. The van der Waals surface area contributed by atoms with Crippen LogP contribution in [-0.4, -0.2) is 74.6 Å². The highest BCUT2D eigenvalue weighted by atomic mass is 16.2. The maximum absolute atomic E-state index is 11.7. The van der Waals surface area contributed by atoms with Crippen LogP contribution >= 0.6 is 0 Å². The molecule has 1 saturated heterocycles. The molecular weight excluding hydrogens is 246 g/mol. The van der Waals surface area contributed by atoms with Crippen LogP contribution in [0.25, 0.3) is 0 Å². The Morgan fingerprint density at radius 1 is 1.21 bits per heavy atom. The van der Waals surface area contributed by atoms with Crippen molar-refractivity contribution in [1.82, 2.24) is 20.4 Å². The van der Waals surface area contributed by atoms with Crippen molar-refractivity contribution in [3.8, 4) is 0 Å². The van der Waals surface area contributed by atoms with Crippen molar-refractivity contribution in [2.45, 2.75) is 18.9 Å². The number of piperidine rings is 1. The second-order valence-electron chi connectivity index (χ2n) is 5.09. The summed E-state index contributed by atoms with van der Waals surface area (Å²) >= 11 is 0. The molecule has 1 aliphatic rings. The smallest absolute Gasteiger partial charge is 0.316 e. The molecular formula is C12H25N5O2. The van der Waals surface area contributed by atoms with E-state index in [1.807, 2.05) is 0 Å². The third-order valence-electron chi connectivity index (χ3n) is 3.13. The standard InChI is InChI=1S/C12H25N5O2/c1-16(2)12(19)15-6-5-14-11(18)9-17-7-3-10(13)4-8-17/h10H,3-9,13H2,1-2H3,(H,14,18)(H,15,19). The van der Waals surface area contributed by atoms with Gasteiger partial charge in [-0.05, 0) is 12.8 Å². The molecule has 1 heterocycles. The van der Waals surface area contributed by atoms with E-state index in [9.17, 15) is 9.59 Å². The van der Waals surface area contributed by atoms with Crippen LogP contribution in [0.1, 0.15) is 12.8 Å². The normalized spacial score (nSPS) is 17.0. The number of nitrogens with one attached hydrogen (secondary N) is 2. The van der Waals surface area contributed by atoms with E-state index in [1.54, 1.807) is 14.1 Å². The fourth-order valence-electron chi connectivity index (χ4n) is 1.90. The number of rotatable bonds is 5. The predicted molar refractivity (Wildman–Crippen MR) is 73.7 cm³/mol. The lowest BCUT2D eigenvalue weighted by molar-refractivity contribution is -0.122. The van der Waals surface area contributed by atoms with Crippen molar-refractivity contribution in [2.75, 3.05) is 46.8 Å². The molecule has 1 fully saturated rings. The van der Waals surface area contributed by atoms with E-state index in [-0.39, 0.29) is 18.0 Å². The van der Waals surface area contributed by atoms with Crippen LogP contribution in [0.5, 0.6) is 0 Å². The maximum atomic E-state index is 11.7. The number of nitrogens with two attached hydrogens (primary N) is 1. The second kappa shape index (κ2) is 7.96. The zero-order chi connectivity index (χ0) is 14.3. The number of carbonyl (C=O) groups is 2. The largest absolute Gasteiger partial charge is 0.353 e. The maximum Gasteiger partial charge on any atom is 0.316 e. The number of hydrogen-bond donors (Lipinski definition) is 3. The Bertz CT molecular complexity index is 300. The SMILES string of the molecule is CN(C)C(=O)NCCNC(=O)CN1CCC(N)CC1. The van der Waals surface area contributed by atoms with E-state index in [0.717, 1.165) is 25.9 Å². The first-order valence-electron chi connectivity index (χ1n) is 6.69. The van der Waals surface area contributed by atoms with E-state index in [1.165, 1.54) is 4.90 Å². The summed E-state index contributed by atoms with van der Waals surface area (Å²) in [5, 5.41) is 5.48. The third kappa shape index (κ3) is 6.40. The topological polar surface area (TPSA) is 90.7 Å². The first-order chi connectivity index (χ1) is 8.99. The Labute approximate surface area is 114 Å². The van der Waals surface area contributed by atoms with Gasteiger partial charge in [0.25, 0.3) is 0 Å². The monoisotopic (exact) mass is 271 g/mol. The molecule has 0 unspecified atom stereocenters. The molecule has 4 N–H and O–H groups in total. The molecule has 0 aromatic heterocycles. The lowest BCUT2D eigenvalue weighted by Gasteiger charge is -2.29. The molecule has 110 valence electrons. The molecule has 0 atom stereocenters. The fraction of sp³-hybridized carbons (Fsp3) is 0.833. The van der Waals surface area contributed by atoms with Gasteiger partial charge in [-0.3, -0.25) is 9.69 Å². The Balaban J connectivity index is 2.06. The number of likely N-dealkylation sites (tertiary alicyclic amines) is 1. The molecule has 0 aromatic carbocycles. The van der Waals surface area contributed by atoms with Crippen LogP contribution in [0.4, 0.5) is 4.79 Å². The van der Waals surface area contributed by atoms with Crippen molar-refractivity contribution in [1.29, 1.82) is 0 Å². The summed E-state index contributed by atoms with van der Waals surface area (Å²) in [5.74, 6) is -0.00502. The highest BCUT2D eigenvalue weighted by molar-refractivity contribution is 5.78. The molecule has 1 aliphatic heterocycles. The molecule has 0 spiro atoms. The van der Waals surface area contributed by atoms with Gasteiger partial charge in [-0.2, -0.15) is 0 Å². The molecule has 19 heavy (non-hydrogen) atoms. The first kappa shape index (κ1) is 15.7. The molecule has 7 nitrogen and oxygen atoms in total. The minimum atomic E-state index is -0.153. The van der Waals surface area contributed by atoms with E-state index in [4.69, 9.17) is 5.73 Å². The average molecular weight is 271 g/mol. The Kier molecular flexibility index (Phi) is 6.58. The van der Waals surface area contributed by atoms with Crippen molar-refractivity contribution in [3.63, 3.8) is 0 Å². The Hall–Kier alpha value is -1.34. The van der Waals surface area contributed by atoms with Gasteiger partial charge in [-0.1, -0.05) is 0 Å². The van der Waals surface area contributed by atoms with E-state index in [0.29, 0.717) is 19.6 Å². The van der Waals surface area contributed by atoms with Gasteiger partial charge in [0.2, 0.25) is 5.91 Å². The van der Waals surface area contributed by atoms with Gasteiger partial charge in [0.05, 0.1) is 6.54 Å². The number of amides is 3. The minimum absolute atomic E-state index is 0.00502. The van der Waals surface area contributed by atoms with Crippen molar-refractivity contribution >= 4 is 11.9 Å². The Morgan fingerprint density at radius 2 is 1.79 bits per heavy atom. The number of hydrogen-bond acceptors (Lipinski definition) is 4. The van der Waals surface area contributed by atoms with E-state index >= 15 is 0 Å². The van der Waals surface area contributed by atoms with E-state index < -0.39 is 0 Å². The highest BCUT2D eigenvalue weighted by Crippen LogP contribution is 2.06. The van der Waals surface area contributed by atoms with Crippen molar-refractivity contribution in [3.05, 3.63) is 0 Å². The summed E-state index contributed by atoms with van der Waals surface area (Å²) < 4.78 is 0. The van der Waals surface area contributed by atoms with Crippen molar-refractivity contribution in [2.24, 2.45) is 5.73 Å². The molecule has 0 aromatic rings. The molecule has 1 rings (SSSR count). The zero-order valence-electron chi connectivity index (χ0n) is 11.8. The molecule has 0 bridgehead atoms. The van der Waals surface area contributed by atoms with Gasteiger partial charge in [0.15, 0.2) is 0 Å². The van der Waals surface area contributed by atoms with Gasteiger partial charge in [-0.25, -0.2) is 4.79 Å². The van der Waals surface area contributed by atoms with Crippen LogP contribution in [0.2, 0.25) is 0 Å². The second-order valence-corrected chi connectivity index (χ2v) is 5.09. The van der Waals surface area contributed by atoms with Crippen LogP contribution in [0, 0.1) is 0 Å². The fourth-order valence-corrected chi connectivity index (χ4v) is 1.90.